The lowest BCUT2D eigenvalue weighted by Gasteiger charge is -2.17. The molecule has 0 radical (unpaired) electrons. The monoisotopic (exact) mass is 554 g/mol. The van der Waals surface area contributed by atoms with Crippen molar-refractivity contribution in [2.45, 2.75) is 36.5 Å². The van der Waals surface area contributed by atoms with Crippen LogP contribution in [-0.4, -0.2) is 37.4 Å². The van der Waals surface area contributed by atoms with Gasteiger partial charge in [0.2, 0.25) is 21.9 Å². The Balaban J connectivity index is 1.23. The Morgan fingerprint density at radius 2 is 1.77 bits per heavy atom. The fourth-order valence-corrected chi connectivity index (χ4v) is 6.06. The van der Waals surface area contributed by atoms with Crippen molar-refractivity contribution in [1.82, 2.24) is 14.7 Å². The molecule has 4 bridgehead atoms. The van der Waals surface area contributed by atoms with Gasteiger partial charge in [0.15, 0.2) is 0 Å². The number of fused-ring (bicyclic) bond motifs is 4. The van der Waals surface area contributed by atoms with E-state index in [1.54, 1.807) is 30.5 Å². The molecule has 1 fully saturated rings. The van der Waals surface area contributed by atoms with Crippen molar-refractivity contribution in [3.8, 4) is 11.1 Å². The molecule has 10 heteroatoms. The topological polar surface area (TPSA) is 125 Å². The van der Waals surface area contributed by atoms with E-state index in [-0.39, 0.29) is 10.8 Å². The maximum absolute atomic E-state index is 13.2. The molecule has 1 aliphatic carbocycles. The van der Waals surface area contributed by atoms with Gasteiger partial charge in [-0.1, -0.05) is 48.0 Å². The first-order valence-electron chi connectivity index (χ1n) is 13.3. The Kier molecular flexibility index (Phi) is 6.73. The summed E-state index contributed by atoms with van der Waals surface area (Å²) in [5.41, 5.74) is 4.75. The third-order valence-corrected chi connectivity index (χ3v) is 8.80. The van der Waals surface area contributed by atoms with E-state index >= 15 is 0 Å². The van der Waals surface area contributed by atoms with Gasteiger partial charge in [-0.3, -0.25) is 4.79 Å². The van der Waals surface area contributed by atoms with E-state index in [0.29, 0.717) is 37.0 Å². The number of sulfonamides is 1. The lowest BCUT2D eigenvalue weighted by atomic mass is 9.93. The maximum atomic E-state index is 13.2. The van der Waals surface area contributed by atoms with Gasteiger partial charge in [-0.05, 0) is 67.6 Å². The first-order valence-corrected chi connectivity index (χ1v) is 14.8. The third kappa shape index (κ3) is 5.28. The highest BCUT2D eigenvalue weighted by Gasteiger charge is 2.51. The average molecular weight is 555 g/mol. The van der Waals surface area contributed by atoms with Crippen LogP contribution in [0.5, 0.6) is 0 Å². The molecule has 6 rings (SSSR count). The summed E-state index contributed by atoms with van der Waals surface area (Å²) in [5, 5.41) is 9.53. The maximum Gasteiger partial charge on any atom is 0.240 e. The summed E-state index contributed by atoms with van der Waals surface area (Å²) in [7, 11) is -3.61. The molecule has 0 spiro atoms. The average Bonchev–Trinajstić information content (AvgIpc) is 3.76. The molecule has 204 valence electrons. The van der Waals surface area contributed by atoms with Crippen LogP contribution in [0.4, 0.5) is 23.1 Å². The largest absolute Gasteiger partial charge is 0.369 e. The molecule has 0 unspecified atom stereocenters. The molecular weight excluding hydrogens is 524 g/mol. The normalized spacial score (nSPS) is 17.1. The van der Waals surface area contributed by atoms with E-state index in [1.165, 1.54) is 0 Å². The number of amides is 1. The minimum absolute atomic E-state index is 0.0176. The summed E-state index contributed by atoms with van der Waals surface area (Å²) in [6.45, 7) is 2.85. The third-order valence-electron chi connectivity index (χ3n) is 7.34. The Morgan fingerprint density at radius 3 is 2.55 bits per heavy atom. The molecule has 1 saturated carbocycles. The van der Waals surface area contributed by atoms with E-state index in [9.17, 15) is 13.2 Å². The van der Waals surface area contributed by atoms with E-state index in [4.69, 9.17) is 0 Å². The number of hydrogen-bond acceptors (Lipinski definition) is 7. The fraction of sp³-hybridized carbons (Fsp3) is 0.233. The van der Waals surface area contributed by atoms with Crippen molar-refractivity contribution in [3.63, 3.8) is 0 Å². The molecular formula is C30H30N6O3S. The van der Waals surface area contributed by atoms with Crippen LogP contribution in [0.1, 0.15) is 30.4 Å². The molecule has 1 aliphatic heterocycles. The van der Waals surface area contributed by atoms with Crippen LogP contribution in [0.15, 0.2) is 83.9 Å². The van der Waals surface area contributed by atoms with Crippen molar-refractivity contribution >= 4 is 39.1 Å². The molecule has 4 aromatic rings. The SMILES string of the molecule is Cc1cccc(C2(C(=O)Nc3ccc(-c4cnc5nc4NCCCNS(=O)(=O)c4cccc(c4)N5)cc3)CC2)c1. The van der Waals surface area contributed by atoms with Gasteiger partial charge in [-0.2, -0.15) is 4.98 Å². The minimum atomic E-state index is -3.61. The van der Waals surface area contributed by atoms with Gasteiger partial charge in [-0.25, -0.2) is 18.1 Å². The summed E-state index contributed by atoms with van der Waals surface area (Å²) in [5.74, 6) is 0.996. The van der Waals surface area contributed by atoms with Gasteiger partial charge < -0.3 is 16.0 Å². The zero-order chi connectivity index (χ0) is 27.7. The molecule has 1 aromatic heterocycles. The summed E-state index contributed by atoms with van der Waals surface area (Å²) in [6, 6.07) is 22.4. The van der Waals surface area contributed by atoms with Crippen molar-refractivity contribution in [2.75, 3.05) is 29.0 Å². The summed E-state index contributed by atoms with van der Waals surface area (Å²) < 4.78 is 27.9. The van der Waals surface area contributed by atoms with Gasteiger partial charge in [0.1, 0.15) is 5.82 Å². The fourth-order valence-electron chi connectivity index (χ4n) is 4.94. The van der Waals surface area contributed by atoms with E-state index in [1.807, 2.05) is 49.4 Å². The van der Waals surface area contributed by atoms with Crippen LogP contribution < -0.4 is 20.7 Å². The van der Waals surface area contributed by atoms with Crippen LogP contribution >= 0.6 is 0 Å². The lowest BCUT2D eigenvalue weighted by molar-refractivity contribution is -0.118. The van der Waals surface area contributed by atoms with E-state index in [2.05, 4.69) is 36.7 Å². The van der Waals surface area contributed by atoms with Crippen molar-refractivity contribution < 1.29 is 13.2 Å². The number of nitrogens with zero attached hydrogens (tertiary/aromatic N) is 2. The number of rotatable bonds is 4. The zero-order valence-electron chi connectivity index (χ0n) is 22.1. The summed E-state index contributed by atoms with van der Waals surface area (Å²) >= 11 is 0. The highest BCUT2D eigenvalue weighted by Crippen LogP contribution is 2.49. The van der Waals surface area contributed by atoms with Crippen LogP contribution in [0.3, 0.4) is 0 Å². The number of hydrogen-bond donors (Lipinski definition) is 4. The molecule has 9 nitrogen and oxygen atoms in total. The molecule has 4 N–H and O–H groups in total. The highest BCUT2D eigenvalue weighted by atomic mass is 32.2. The molecule has 40 heavy (non-hydrogen) atoms. The van der Waals surface area contributed by atoms with Crippen LogP contribution in [0.2, 0.25) is 0 Å². The number of aryl methyl sites for hydroxylation is 1. The van der Waals surface area contributed by atoms with Crippen molar-refractivity contribution in [2.24, 2.45) is 0 Å². The van der Waals surface area contributed by atoms with Crippen LogP contribution in [0.25, 0.3) is 11.1 Å². The number of aromatic nitrogens is 2. The number of nitrogens with one attached hydrogen (secondary N) is 4. The molecule has 0 saturated heterocycles. The second-order valence-electron chi connectivity index (χ2n) is 10.3. The Bertz CT molecular complexity index is 1680. The van der Waals surface area contributed by atoms with Crippen molar-refractivity contribution in [3.05, 3.63) is 90.1 Å². The second kappa shape index (κ2) is 10.4. The van der Waals surface area contributed by atoms with Gasteiger partial charge >= 0.3 is 0 Å². The quantitative estimate of drug-likeness (QED) is 0.281. The molecule has 2 aliphatic rings. The number of benzene rings is 3. The van der Waals surface area contributed by atoms with E-state index < -0.39 is 15.4 Å². The zero-order valence-corrected chi connectivity index (χ0v) is 22.9. The van der Waals surface area contributed by atoms with E-state index in [0.717, 1.165) is 40.8 Å². The summed E-state index contributed by atoms with van der Waals surface area (Å²) in [6.07, 6.45) is 4.00. The number of anilines is 4. The first-order chi connectivity index (χ1) is 19.3. The Labute approximate surface area is 233 Å². The summed E-state index contributed by atoms with van der Waals surface area (Å²) in [4.78, 5) is 22.6. The highest BCUT2D eigenvalue weighted by molar-refractivity contribution is 7.89. The predicted octanol–water partition coefficient (Wildman–Crippen LogP) is 4.96. The molecule has 3 aromatic carbocycles. The van der Waals surface area contributed by atoms with Gasteiger partial charge in [0.25, 0.3) is 0 Å². The Morgan fingerprint density at radius 1 is 0.975 bits per heavy atom. The second-order valence-corrected chi connectivity index (χ2v) is 12.0. The number of carbonyl (C=O) groups is 1. The van der Waals surface area contributed by atoms with Crippen molar-refractivity contribution in [1.29, 1.82) is 0 Å². The standard InChI is InChI=1S/C30H30N6O3S/c1-20-5-2-6-22(17-20)30(13-14-30)28(37)34-23-11-9-21(10-12-23)26-19-32-29-35-24-7-3-8-25(18-24)40(38,39)33-16-4-15-31-27(26)36-29/h2-3,5-12,17-19,33H,4,13-16H2,1H3,(H,34,37)(H2,31,32,35,36). The van der Waals surface area contributed by atoms with Gasteiger partial charge in [0, 0.05) is 36.2 Å². The van der Waals surface area contributed by atoms with Gasteiger partial charge in [-0.15, -0.1) is 0 Å². The lowest BCUT2D eigenvalue weighted by Crippen LogP contribution is -2.27. The number of carbonyl (C=O) groups excluding carboxylic acids is 1. The Hall–Kier alpha value is -4.28. The van der Waals surface area contributed by atoms with Crippen LogP contribution in [0, 0.1) is 6.92 Å². The molecule has 1 amide bonds. The molecule has 2 heterocycles. The first kappa shape index (κ1) is 26.0. The smallest absolute Gasteiger partial charge is 0.240 e. The van der Waals surface area contributed by atoms with Gasteiger partial charge in [0.05, 0.1) is 10.3 Å². The molecule has 0 atom stereocenters. The predicted molar refractivity (Wildman–Crippen MR) is 156 cm³/mol. The van der Waals surface area contributed by atoms with Crippen LogP contribution in [-0.2, 0) is 20.2 Å². The minimum Gasteiger partial charge on any atom is -0.369 e.